The zero-order chi connectivity index (χ0) is 21.8. The summed E-state index contributed by atoms with van der Waals surface area (Å²) in [5.41, 5.74) is 2.79. The molecule has 0 amide bonds. The number of piperazine rings is 1. The number of anilines is 4. The van der Waals surface area contributed by atoms with E-state index in [1.54, 1.807) is 7.11 Å². The van der Waals surface area contributed by atoms with Gasteiger partial charge in [-0.3, -0.25) is 10.1 Å². The van der Waals surface area contributed by atoms with E-state index in [0.29, 0.717) is 18.9 Å². The lowest BCUT2D eigenvalue weighted by Gasteiger charge is -2.36. The van der Waals surface area contributed by atoms with Gasteiger partial charge in [-0.05, 0) is 48.9 Å². The number of nitro groups is 1. The fourth-order valence-corrected chi connectivity index (χ4v) is 3.69. The Morgan fingerprint density at radius 1 is 1.03 bits per heavy atom. The summed E-state index contributed by atoms with van der Waals surface area (Å²) in [5, 5.41) is 15.0. The van der Waals surface area contributed by atoms with E-state index in [1.165, 1.54) is 6.33 Å². The van der Waals surface area contributed by atoms with E-state index < -0.39 is 4.92 Å². The van der Waals surface area contributed by atoms with Gasteiger partial charge in [0, 0.05) is 37.6 Å². The molecule has 0 bridgehead atoms. The van der Waals surface area contributed by atoms with Gasteiger partial charge >= 0.3 is 5.69 Å². The van der Waals surface area contributed by atoms with Crippen LogP contribution in [0.3, 0.4) is 0 Å². The molecule has 0 unspecified atom stereocenters. The van der Waals surface area contributed by atoms with Gasteiger partial charge in [-0.15, -0.1) is 0 Å². The second kappa shape index (κ2) is 8.86. The Hall–Kier alpha value is -3.88. The molecule has 1 saturated heterocycles. The highest BCUT2D eigenvalue weighted by atomic mass is 16.6. The van der Waals surface area contributed by atoms with E-state index in [0.717, 1.165) is 35.8 Å². The smallest absolute Gasteiger partial charge is 0.353 e. The van der Waals surface area contributed by atoms with E-state index >= 15 is 0 Å². The van der Waals surface area contributed by atoms with E-state index in [-0.39, 0.29) is 11.5 Å². The molecule has 2 aromatic carbocycles. The highest BCUT2D eigenvalue weighted by molar-refractivity contribution is 5.74. The summed E-state index contributed by atoms with van der Waals surface area (Å²) < 4.78 is 5.22. The normalized spacial score (nSPS) is 13.7. The Bertz CT molecular complexity index is 1070. The van der Waals surface area contributed by atoms with Crippen molar-refractivity contribution in [3.63, 3.8) is 0 Å². The molecule has 0 spiro atoms. The number of methoxy groups -OCH3 is 1. The second-order valence-corrected chi connectivity index (χ2v) is 7.32. The molecular weight excluding hydrogens is 396 g/mol. The summed E-state index contributed by atoms with van der Waals surface area (Å²) in [5.74, 6) is 1.34. The lowest BCUT2D eigenvalue weighted by Crippen LogP contribution is -2.47. The number of hydrogen-bond acceptors (Lipinski definition) is 8. The highest BCUT2D eigenvalue weighted by Gasteiger charge is 2.29. The van der Waals surface area contributed by atoms with Gasteiger partial charge in [-0.1, -0.05) is 12.1 Å². The lowest BCUT2D eigenvalue weighted by atomic mass is 10.2. The Morgan fingerprint density at radius 2 is 1.74 bits per heavy atom. The second-order valence-electron chi connectivity index (χ2n) is 7.32. The number of hydrogen-bond donors (Lipinski definition) is 1. The third-order valence-corrected chi connectivity index (χ3v) is 5.28. The van der Waals surface area contributed by atoms with Crippen LogP contribution in [0.15, 0.2) is 54.9 Å². The maximum Gasteiger partial charge on any atom is 0.353 e. The zero-order valence-corrected chi connectivity index (χ0v) is 17.5. The van der Waals surface area contributed by atoms with Crippen molar-refractivity contribution in [2.75, 3.05) is 48.4 Å². The van der Waals surface area contributed by atoms with Crippen LogP contribution < -0.4 is 19.9 Å². The minimum Gasteiger partial charge on any atom is -0.497 e. The number of aromatic nitrogens is 2. The summed E-state index contributed by atoms with van der Waals surface area (Å²) in [7, 11) is 1.64. The number of benzene rings is 2. The molecule has 3 aromatic rings. The van der Waals surface area contributed by atoms with E-state index in [9.17, 15) is 10.1 Å². The molecule has 31 heavy (non-hydrogen) atoms. The SMILES string of the molecule is COc1ccc(N2CCN(c3ncnc(Nc4cccc(C)c4)c3[N+](=O)[O-])CC2)cc1. The summed E-state index contributed by atoms with van der Waals surface area (Å²) in [6, 6.07) is 15.5. The first kappa shape index (κ1) is 20.4. The van der Waals surface area contributed by atoms with Crippen molar-refractivity contribution in [2.24, 2.45) is 0 Å². The summed E-state index contributed by atoms with van der Waals surface area (Å²) >= 11 is 0. The molecule has 1 aliphatic rings. The molecule has 9 nitrogen and oxygen atoms in total. The summed E-state index contributed by atoms with van der Waals surface area (Å²) in [6.45, 7) is 4.66. The van der Waals surface area contributed by atoms with Crippen molar-refractivity contribution in [3.05, 3.63) is 70.5 Å². The zero-order valence-electron chi connectivity index (χ0n) is 17.5. The van der Waals surface area contributed by atoms with Crippen molar-refractivity contribution in [2.45, 2.75) is 6.92 Å². The molecule has 2 heterocycles. The van der Waals surface area contributed by atoms with Crippen LogP contribution >= 0.6 is 0 Å². The van der Waals surface area contributed by atoms with Crippen LogP contribution in [0.2, 0.25) is 0 Å². The van der Waals surface area contributed by atoms with Crippen molar-refractivity contribution >= 4 is 28.7 Å². The fourth-order valence-electron chi connectivity index (χ4n) is 3.69. The van der Waals surface area contributed by atoms with E-state index in [2.05, 4.69) is 20.2 Å². The van der Waals surface area contributed by atoms with Crippen molar-refractivity contribution in [1.82, 2.24) is 9.97 Å². The van der Waals surface area contributed by atoms with Gasteiger partial charge in [0.05, 0.1) is 12.0 Å². The van der Waals surface area contributed by atoms with Gasteiger partial charge < -0.3 is 19.9 Å². The molecule has 1 aromatic heterocycles. The quantitative estimate of drug-likeness (QED) is 0.475. The molecule has 1 aliphatic heterocycles. The Morgan fingerprint density at radius 3 is 2.39 bits per heavy atom. The average molecular weight is 420 g/mol. The van der Waals surface area contributed by atoms with Crippen LogP contribution in [0.5, 0.6) is 5.75 Å². The monoisotopic (exact) mass is 420 g/mol. The van der Waals surface area contributed by atoms with Crippen LogP contribution in [-0.2, 0) is 0 Å². The van der Waals surface area contributed by atoms with Gasteiger partial charge in [0.25, 0.3) is 0 Å². The standard InChI is InChI=1S/C22H24N6O3/c1-16-4-3-5-17(14-16)25-21-20(28(29)30)22(24-15-23-21)27-12-10-26(11-13-27)18-6-8-19(31-2)9-7-18/h3-9,14-15H,10-13H2,1-2H3,(H,23,24,25). The Kier molecular flexibility index (Phi) is 5.83. The van der Waals surface area contributed by atoms with Gasteiger partial charge in [0.1, 0.15) is 12.1 Å². The molecule has 4 rings (SSSR count). The lowest BCUT2D eigenvalue weighted by molar-refractivity contribution is -0.383. The number of rotatable bonds is 6. The number of nitrogens with zero attached hydrogens (tertiary/aromatic N) is 5. The third kappa shape index (κ3) is 4.50. The molecule has 0 saturated carbocycles. The molecule has 1 N–H and O–H groups in total. The van der Waals surface area contributed by atoms with E-state index in [4.69, 9.17) is 4.74 Å². The first-order valence-electron chi connectivity index (χ1n) is 10.0. The van der Waals surface area contributed by atoms with Gasteiger partial charge in [0.2, 0.25) is 11.6 Å². The van der Waals surface area contributed by atoms with Crippen molar-refractivity contribution < 1.29 is 9.66 Å². The Balaban J connectivity index is 1.53. The average Bonchev–Trinajstić information content (AvgIpc) is 2.79. The minimum atomic E-state index is -0.413. The van der Waals surface area contributed by atoms with Crippen LogP contribution in [0.4, 0.5) is 28.7 Å². The minimum absolute atomic E-state index is 0.109. The van der Waals surface area contributed by atoms with Gasteiger partial charge in [0.15, 0.2) is 0 Å². The third-order valence-electron chi connectivity index (χ3n) is 5.28. The molecule has 160 valence electrons. The molecule has 9 heteroatoms. The Labute approximate surface area is 180 Å². The number of ether oxygens (including phenoxy) is 1. The predicted octanol–water partition coefficient (Wildman–Crippen LogP) is 3.77. The van der Waals surface area contributed by atoms with Crippen LogP contribution in [-0.4, -0.2) is 48.2 Å². The van der Waals surface area contributed by atoms with Gasteiger partial charge in [-0.25, -0.2) is 9.97 Å². The molecule has 1 fully saturated rings. The van der Waals surface area contributed by atoms with Crippen LogP contribution in [0.1, 0.15) is 5.56 Å². The molecule has 0 radical (unpaired) electrons. The first-order chi connectivity index (χ1) is 15.0. The van der Waals surface area contributed by atoms with Crippen molar-refractivity contribution in [3.8, 4) is 5.75 Å². The van der Waals surface area contributed by atoms with Crippen molar-refractivity contribution in [1.29, 1.82) is 0 Å². The topological polar surface area (TPSA) is 96.7 Å². The predicted molar refractivity (Wildman–Crippen MR) is 121 cm³/mol. The summed E-state index contributed by atoms with van der Waals surface area (Å²) in [6.07, 6.45) is 1.37. The largest absolute Gasteiger partial charge is 0.497 e. The van der Waals surface area contributed by atoms with Crippen LogP contribution in [0, 0.1) is 17.0 Å². The van der Waals surface area contributed by atoms with Gasteiger partial charge in [-0.2, -0.15) is 0 Å². The molecular formula is C22H24N6O3. The molecule has 0 aliphatic carbocycles. The molecule has 0 atom stereocenters. The number of aryl methyl sites for hydroxylation is 1. The summed E-state index contributed by atoms with van der Waals surface area (Å²) in [4.78, 5) is 24.1. The van der Waals surface area contributed by atoms with E-state index in [1.807, 2.05) is 60.4 Å². The first-order valence-corrected chi connectivity index (χ1v) is 10.0. The highest BCUT2D eigenvalue weighted by Crippen LogP contribution is 2.34. The number of nitrogens with one attached hydrogen (secondary N) is 1. The fraction of sp³-hybridized carbons (Fsp3) is 0.273. The van der Waals surface area contributed by atoms with Crippen LogP contribution in [0.25, 0.3) is 0 Å². The maximum atomic E-state index is 11.9. The maximum absolute atomic E-state index is 11.9.